The summed E-state index contributed by atoms with van der Waals surface area (Å²) in [5.41, 5.74) is 2.57. The van der Waals surface area contributed by atoms with Gasteiger partial charge in [-0.25, -0.2) is 9.37 Å². The van der Waals surface area contributed by atoms with Crippen LogP contribution in [0.15, 0.2) is 84.0 Å². The first kappa shape index (κ1) is 20.9. The molecule has 7 heteroatoms. The van der Waals surface area contributed by atoms with Gasteiger partial charge in [0.25, 0.3) is 5.91 Å². The second-order valence-electron chi connectivity index (χ2n) is 7.04. The van der Waals surface area contributed by atoms with E-state index in [1.165, 1.54) is 12.1 Å². The number of likely N-dealkylation sites (N-methyl/N-ethyl adjacent to an activating group) is 1. The van der Waals surface area contributed by atoms with Crippen LogP contribution in [0.4, 0.5) is 4.39 Å². The molecule has 0 atom stereocenters. The number of hydrogen-bond donors (Lipinski definition) is 0. The maximum Gasteiger partial charge on any atom is 0.253 e. The predicted octanol–water partition coefficient (Wildman–Crippen LogP) is 4.92. The van der Waals surface area contributed by atoms with Gasteiger partial charge in [-0.2, -0.15) is 0 Å². The lowest BCUT2D eigenvalue weighted by Crippen LogP contribution is -2.30. The van der Waals surface area contributed by atoms with Gasteiger partial charge in [-0.1, -0.05) is 6.07 Å². The van der Waals surface area contributed by atoms with Crippen molar-refractivity contribution < 1.29 is 13.9 Å². The van der Waals surface area contributed by atoms with Crippen molar-refractivity contribution in [3.63, 3.8) is 0 Å². The molecule has 2 heterocycles. The van der Waals surface area contributed by atoms with Gasteiger partial charge in [-0.3, -0.25) is 4.79 Å². The molecule has 31 heavy (non-hydrogen) atoms. The summed E-state index contributed by atoms with van der Waals surface area (Å²) >= 11 is 1.68. The topological polar surface area (TPSA) is 46.8 Å². The van der Waals surface area contributed by atoms with Gasteiger partial charge >= 0.3 is 0 Å². The van der Waals surface area contributed by atoms with Crippen LogP contribution in [0.1, 0.15) is 16.1 Å². The van der Waals surface area contributed by atoms with Crippen molar-refractivity contribution >= 4 is 23.3 Å². The van der Waals surface area contributed by atoms with Crippen molar-refractivity contribution in [3.05, 3.63) is 96.2 Å². The molecule has 0 saturated heterocycles. The van der Waals surface area contributed by atoms with E-state index in [0.717, 1.165) is 22.0 Å². The van der Waals surface area contributed by atoms with Gasteiger partial charge in [0.15, 0.2) is 0 Å². The third-order valence-corrected chi connectivity index (χ3v) is 5.80. The molecule has 4 rings (SSSR count). The minimum absolute atomic E-state index is 0.0698. The number of ether oxygens (including phenoxy) is 1. The Bertz CT molecular complexity index is 1130. The van der Waals surface area contributed by atoms with Crippen LogP contribution in [0.25, 0.3) is 5.65 Å². The molecule has 5 nitrogen and oxygen atoms in total. The monoisotopic (exact) mass is 435 g/mol. The molecule has 0 N–H and O–H groups in total. The Balaban J connectivity index is 1.27. The average Bonchev–Trinajstić information content (AvgIpc) is 3.22. The predicted molar refractivity (Wildman–Crippen MR) is 120 cm³/mol. The highest BCUT2D eigenvalue weighted by atomic mass is 32.2. The second-order valence-corrected chi connectivity index (χ2v) is 8.09. The largest absolute Gasteiger partial charge is 0.492 e. The maximum atomic E-state index is 12.9. The molecule has 158 valence electrons. The summed E-state index contributed by atoms with van der Waals surface area (Å²) in [4.78, 5) is 19.9. The maximum absolute atomic E-state index is 12.9. The number of rotatable bonds is 8. The zero-order chi connectivity index (χ0) is 21.6. The summed E-state index contributed by atoms with van der Waals surface area (Å²) in [6.07, 6.45) is 4.02. The Kier molecular flexibility index (Phi) is 6.52. The summed E-state index contributed by atoms with van der Waals surface area (Å²) in [6, 6.07) is 19.4. The van der Waals surface area contributed by atoms with Crippen LogP contribution in [0.5, 0.6) is 5.75 Å². The van der Waals surface area contributed by atoms with E-state index in [-0.39, 0.29) is 11.7 Å². The van der Waals surface area contributed by atoms with Gasteiger partial charge in [0, 0.05) is 35.7 Å². The smallest absolute Gasteiger partial charge is 0.253 e. The Labute approximate surface area is 184 Å². The molecule has 0 aliphatic heterocycles. The molecule has 0 aliphatic carbocycles. The molecule has 2 aromatic carbocycles. The van der Waals surface area contributed by atoms with E-state index in [1.54, 1.807) is 35.8 Å². The van der Waals surface area contributed by atoms with Crippen molar-refractivity contribution in [2.75, 3.05) is 20.2 Å². The number of hydrogen-bond acceptors (Lipinski definition) is 4. The molecule has 0 radical (unpaired) electrons. The first-order valence-electron chi connectivity index (χ1n) is 9.88. The van der Waals surface area contributed by atoms with Crippen LogP contribution in [0.3, 0.4) is 0 Å². The zero-order valence-corrected chi connectivity index (χ0v) is 17.9. The summed E-state index contributed by atoms with van der Waals surface area (Å²) in [7, 11) is 1.74. The normalized spacial score (nSPS) is 10.9. The number of thioether (sulfide) groups is 1. The molecular formula is C24H22FN3O2S. The fourth-order valence-corrected chi connectivity index (χ4v) is 3.84. The van der Waals surface area contributed by atoms with Crippen molar-refractivity contribution in [1.29, 1.82) is 0 Å². The Hall–Kier alpha value is -3.32. The molecule has 0 spiro atoms. The number of fused-ring (bicyclic) bond motifs is 1. The van der Waals surface area contributed by atoms with Gasteiger partial charge in [0.1, 0.15) is 23.8 Å². The van der Waals surface area contributed by atoms with E-state index in [0.29, 0.717) is 24.5 Å². The van der Waals surface area contributed by atoms with Crippen molar-refractivity contribution in [2.24, 2.45) is 0 Å². The number of amides is 1. The van der Waals surface area contributed by atoms with Gasteiger partial charge < -0.3 is 14.0 Å². The molecule has 0 fully saturated rings. The minimum atomic E-state index is -0.306. The molecule has 2 aromatic heterocycles. The first-order valence-corrected chi connectivity index (χ1v) is 10.9. The van der Waals surface area contributed by atoms with E-state index >= 15 is 0 Å². The number of benzene rings is 2. The standard InChI is InChI=1S/C24H22FN3O2S/c1-27(14-15-30-21-9-7-19(25)8-10-21)24(29)18-5-11-22(12-6-18)31-17-20-16-28-13-3-2-4-23(28)26-20/h2-13,16H,14-15,17H2,1H3. The SMILES string of the molecule is CN(CCOc1ccc(F)cc1)C(=O)c1ccc(SCc2cn3ccccc3n2)cc1. The fraction of sp³-hybridized carbons (Fsp3) is 0.167. The minimum Gasteiger partial charge on any atom is -0.492 e. The lowest BCUT2D eigenvalue weighted by atomic mass is 10.2. The lowest BCUT2D eigenvalue weighted by Gasteiger charge is -2.17. The lowest BCUT2D eigenvalue weighted by molar-refractivity contribution is 0.0773. The second kappa shape index (κ2) is 9.66. The van der Waals surface area contributed by atoms with Crippen molar-refractivity contribution in [1.82, 2.24) is 14.3 Å². The molecular weight excluding hydrogens is 413 g/mol. The van der Waals surface area contributed by atoms with Crippen LogP contribution >= 0.6 is 11.8 Å². The Morgan fingerprint density at radius 3 is 2.61 bits per heavy atom. The fourth-order valence-electron chi connectivity index (χ4n) is 3.06. The third kappa shape index (κ3) is 5.44. The number of aromatic nitrogens is 2. The molecule has 1 amide bonds. The van der Waals surface area contributed by atoms with Gasteiger partial charge in [-0.05, 0) is 60.7 Å². The number of pyridine rings is 1. The zero-order valence-electron chi connectivity index (χ0n) is 17.1. The summed E-state index contributed by atoms with van der Waals surface area (Å²) in [5, 5.41) is 0. The van der Waals surface area contributed by atoms with Crippen LogP contribution in [0, 0.1) is 5.82 Å². The number of halogens is 1. The highest BCUT2D eigenvalue weighted by molar-refractivity contribution is 7.98. The molecule has 0 aliphatic rings. The number of nitrogens with zero attached hydrogens (tertiary/aromatic N) is 3. The summed E-state index contributed by atoms with van der Waals surface area (Å²) in [6.45, 7) is 0.765. The van der Waals surface area contributed by atoms with Gasteiger partial charge in [0.2, 0.25) is 0 Å². The molecule has 0 saturated carbocycles. The number of carbonyl (C=O) groups excluding carboxylic acids is 1. The third-order valence-electron chi connectivity index (χ3n) is 4.76. The molecule has 0 bridgehead atoms. The molecule has 0 unspecified atom stereocenters. The van der Waals surface area contributed by atoms with Crippen LogP contribution in [-0.4, -0.2) is 40.4 Å². The summed E-state index contributed by atoms with van der Waals surface area (Å²) in [5.74, 6) is 0.962. The van der Waals surface area contributed by atoms with Gasteiger partial charge in [0.05, 0.1) is 12.2 Å². The Morgan fingerprint density at radius 2 is 1.87 bits per heavy atom. The first-order chi connectivity index (χ1) is 15.1. The van der Waals surface area contributed by atoms with Crippen LogP contribution < -0.4 is 4.74 Å². The highest BCUT2D eigenvalue weighted by Gasteiger charge is 2.12. The van der Waals surface area contributed by atoms with Gasteiger partial charge in [-0.15, -0.1) is 11.8 Å². The Morgan fingerprint density at radius 1 is 1.10 bits per heavy atom. The van der Waals surface area contributed by atoms with E-state index in [9.17, 15) is 9.18 Å². The van der Waals surface area contributed by atoms with E-state index in [1.807, 2.05) is 59.3 Å². The van der Waals surface area contributed by atoms with E-state index in [4.69, 9.17) is 4.74 Å². The highest BCUT2D eigenvalue weighted by Crippen LogP contribution is 2.23. The van der Waals surface area contributed by atoms with Crippen molar-refractivity contribution in [2.45, 2.75) is 10.6 Å². The average molecular weight is 436 g/mol. The van der Waals surface area contributed by atoms with Crippen LogP contribution in [-0.2, 0) is 5.75 Å². The number of carbonyl (C=O) groups is 1. The van der Waals surface area contributed by atoms with E-state index < -0.39 is 0 Å². The number of imidazole rings is 1. The van der Waals surface area contributed by atoms with E-state index in [2.05, 4.69) is 4.98 Å². The quantitative estimate of drug-likeness (QED) is 0.369. The van der Waals surface area contributed by atoms with Crippen molar-refractivity contribution in [3.8, 4) is 5.75 Å². The summed E-state index contributed by atoms with van der Waals surface area (Å²) < 4.78 is 20.5. The van der Waals surface area contributed by atoms with Crippen LogP contribution in [0.2, 0.25) is 0 Å². The molecule has 4 aromatic rings.